The first kappa shape index (κ1) is 21.9. The highest BCUT2D eigenvalue weighted by Crippen LogP contribution is 2.28. The van der Waals surface area contributed by atoms with Crippen molar-refractivity contribution in [1.29, 1.82) is 0 Å². The molecule has 0 saturated carbocycles. The molecule has 162 valence electrons. The zero-order valence-corrected chi connectivity index (χ0v) is 19.5. The van der Waals surface area contributed by atoms with Crippen molar-refractivity contribution in [2.75, 3.05) is 5.32 Å². The summed E-state index contributed by atoms with van der Waals surface area (Å²) >= 11 is 3.48. The van der Waals surface area contributed by atoms with Crippen LogP contribution in [0.4, 0.5) is 10.1 Å². The van der Waals surface area contributed by atoms with Gasteiger partial charge in [-0.25, -0.2) is 14.1 Å². The summed E-state index contributed by atoms with van der Waals surface area (Å²) in [6, 6.07) is 19.4. The lowest BCUT2D eigenvalue weighted by molar-refractivity contribution is 0.101. The van der Waals surface area contributed by atoms with Crippen molar-refractivity contribution < 1.29 is 9.18 Å². The molecule has 7 heteroatoms. The van der Waals surface area contributed by atoms with Gasteiger partial charge in [0, 0.05) is 15.7 Å². The summed E-state index contributed by atoms with van der Waals surface area (Å²) in [5.41, 5.74) is 4.19. The summed E-state index contributed by atoms with van der Waals surface area (Å²) in [5.74, 6) is -0.0479. The molecule has 1 amide bonds. The Hall–Kier alpha value is -3.32. The normalized spacial score (nSPS) is 11.1. The molecule has 0 saturated heterocycles. The Kier molecular flexibility index (Phi) is 6.19. The van der Waals surface area contributed by atoms with Gasteiger partial charge < -0.3 is 5.32 Å². The van der Waals surface area contributed by atoms with Gasteiger partial charge in [0.15, 0.2) is 5.82 Å². The van der Waals surface area contributed by atoms with Gasteiger partial charge in [-0.15, -0.1) is 5.10 Å². The average molecular weight is 493 g/mol. The Morgan fingerprint density at radius 2 is 1.81 bits per heavy atom. The summed E-state index contributed by atoms with van der Waals surface area (Å²) in [5, 5.41) is 7.44. The van der Waals surface area contributed by atoms with Gasteiger partial charge in [-0.05, 0) is 78.6 Å². The number of amides is 1. The molecule has 0 aliphatic heterocycles. The number of carbonyl (C=O) groups excluding carboxylic acids is 1. The largest absolute Gasteiger partial charge is 0.319 e. The lowest BCUT2D eigenvalue weighted by Crippen LogP contribution is -2.16. The maximum atomic E-state index is 13.5. The molecule has 0 aliphatic rings. The van der Waals surface area contributed by atoms with Crippen LogP contribution in [-0.2, 0) is 0 Å². The number of aryl methyl sites for hydroxylation is 1. The molecule has 4 aromatic rings. The molecule has 1 heterocycles. The second-order valence-corrected chi connectivity index (χ2v) is 8.77. The molecule has 4 rings (SSSR count). The van der Waals surface area contributed by atoms with Crippen LogP contribution in [0.3, 0.4) is 0 Å². The maximum Gasteiger partial charge on any atom is 0.295 e. The molecule has 0 atom stereocenters. The first-order valence-electron chi connectivity index (χ1n) is 10.2. The molecule has 0 aliphatic carbocycles. The molecule has 1 aromatic heterocycles. The molecule has 0 unspecified atom stereocenters. The lowest BCUT2D eigenvalue weighted by Gasteiger charge is -2.13. The lowest BCUT2D eigenvalue weighted by atomic mass is 10.0. The second-order valence-electron chi connectivity index (χ2n) is 7.86. The summed E-state index contributed by atoms with van der Waals surface area (Å²) in [6.45, 7) is 6.11. The van der Waals surface area contributed by atoms with E-state index in [1.54, 1.807) is 16.8 Å². The Balaban J connectivity index is 1.76. The van der Waals surface area contributed by atoms with E-state index in [9.17, 15) is 9.18 Å². The highest BCUT2D eigenvalue weighted by Gasteiger charge is 2.20. The molecule has 32 heavy (non-hydrogen) atoms. The summed E-state index contributed by atoms with van der Waals surface area (Å²) in [7, 11) is 0. The van der Waals surface area contributed by atoms with Crippen LogP contribution in [0, 0.1) is 12.7 Å². The average Bonchev–Trinajstić information content (AvgIpc) is 3.21. The molecule has 5 nitrogen and oxygen atoms in total. The molecule has 0 radical (unpaired) electrons. The molecular weight excluding hydrogens is 471 g/mol. The SMILES string of the molecule is Cc1cccc(-n2nc(C(=O)Nc3ccc(Br)cc3C(C)C)nc2-c2ccc(F)cc2)c1. The molecule has 3 aromatic carbocycles. The fourth-order valence-corrected chi connectivity index (χ4v) is 3.82. The van der Waals surface area contributed by atoms with Crippen LogP contribution in [0.15, 0.2) is 71.2 Å². The molecule has 0 fully saturated rings. The van der Waals surface area contributed by atoms with Crippen LogP contribution in [0.5, 0.6) is 0 Å². The van der Waals surface area contributed by atoms with Crippen molar-refractivity contribution in [3.63, 3.8) is 0 Å². The number of hydrogen-bond acceptors (Lipinski definition) is 3. The topological polar surface area (TPSA) is 59.8 Å². The van der Waals surface area contributed by atoms with E-state index in [0.29, 0.717) is 17.1 Å². The van der Waals surface area contributed by atoms with Crippen LogP contribution >= 0.6 is 15.9 Å². The number of nitrogens with one attached hydrogen (secondary N) is 1. The van der Waals surface area contributed by atoms with E-state index in [4.69, 9.17) is 0 Å². The quantitative estimate of drug-likeness (QED) is 0.344. The number of rotatable bonds is 5. The number of nitrogens with zero attached hydrogens (tertiary/aromatic N) is 3. The minimum Gasteiger partial charge on any atom is -0.319 e. The van der Waals surface area contributed by atoms with E-state index >= 15 is 0 Å². The van der Waals surface area contributed by atoms with Crippen LogP contribution < -0.4 is 5.32 Å². The van der Waals surface area contributed by atoms with Gasteiger partial charge >= 0.3 is 0 Å². The second kappa shape index (κ2) is 9.04. The maximum absolute atomic E-state index is 13.5. The fourth-order valence-electron chi connectivity index (χ4n) is 3.44. The van der Waals surface area contributed by atoms with Crippen molar-refractivity contribution in [1.82, 2.24) is 14.8 Å². The third-order valence-corrected chi connectivity index (χ3v) is 5.54. The van der Waals surface area contributed by atoms with Gasteiger partial charge in [-0.1, -0.05) is 41.9 Å². The predicted octanol–water partition coefficient (Wildman–Crippen LogP) is 6.52. The zero-order chi connectivity index (χ0) is 22.8. The van der Waals surface area contributed by atoms with Gasteiger partial charge in [0.1, 0.15) is 5.82 Å². The minimum absolute atomic E-state index is 0.0310. The number of hydrogen-bond donors (Lipinski definition) is 1. The zero-order valence-electron chi connectivity index (χ0n) is 17.9. The molecule has 0 spiro atoms. The summed E-state index contributed by atoms with van der Waals surface area (Å²) in [4.78, 5) is 17.6. The number of carbonyl (C=O) groups is 1. The van der Waals surface area contributed by atoms with E-state index < -0.39 is 5.91 Å². The highest BCUT2D eigenvalue weighted by molar-refractivity contribution is 9.10. The Morgan fingerprint density at radius 3 is 2.50 bits per heavy atom. The van der Waals surface area contributed by atoms with Gasteiger partial charge in [0.2, 0.25) is 5.82 Å². The standard InChI is InChI=1S/C25H22BrFN4O/c1-15(2)21-14-18(26)9-12-22(21)28-25(32)23-29-24(17-7-10-19(27)11-8-17)31(30-23)20-6-4-5-16(3)13-20/h4-15H,1-3H3,(H,28,32). The van der Waals surface area contributed by atoms with Crippen molar-refractivity contribution >= 4 is 27.5 Å². The van der Waals surface area contributed by atoms with Crippen LogP contribution in [0.1, 0.15) is 41.5 Å². The monoisotopic (exact) mass is 492 g/mol. The fraction of sp³-hybridized carbons (Fsp3) is 0.160. The summed E-state index contributed by atoms with van der Waals surface area (Å²) in [6.07, 6.45) is 0. The first-order valence-corrected chi connectivity index (χ1v) is 11.0. The summed E-state index contributed by atoms with van der Waals surface area (Å²) < 4.78 is 16.0. The Labute approximate surface area is 194 Å². The third-order valence-electron chi connectivity index (χ3n) is 5.04. The van der Waals surface area contributed by atoms with E-state index in [0.717, 1.165) is 21.3 Å². The van der Waals surface area contributed by atoms with Crippen molar-refractivity contribution in [2.24, 2.45) is 0 Å². The van der Waals surface area contributed by atoms with E-state index in [1.165, 1.54) is 12.1 Å². The third kappa shape index (κ3) is 4.62. The number of benzene rings is 3. The Morgan fingerprint density at radius 1 is 1.06 bits per heavy atom. The van der Waals surface area contributed by atoms with Crippen molar-refractivity contribution in [3.05, 3.63) is 94.0 Å². The molecular formula is C25H22BrFN4O. The predicted molar refractivity (Wildman–Crippen MR) is 128 cm³/mol. The van der Waals surface area contributed by atoms with Gasteiger partial charge in [-0.3, -0.25) is 4.79 Å². The van der Waals surface area contributed by atoms with Crippen LogP contribution in [-0.4, -0.2) is 20.7 Å². The van der Waals surface area contributed by atoms with E-state index in [2.05, 4.69) is 45.2 Å². The number of anilines is 1. The Bertz CT molecular complexity index is 1280. The molecule has 0 bridgehead atoms. The number of halogens is 2. The first-order chi connectivity index (χ1) is 15.3. The van der Waals surface area contributed by atoms with Crippen molar-refractivity contribution in [3.8, 4) is 17.1 Å². The van der Waals surface area contributed by atoms with Gasteiger partial charge in [0.05, 0.1) is 5.69 Å². The number of aromatic nitrogens is 3. The van der Waals surface area contributed by atoms with E-state index in [-0.39, 0.29) is 17.6 Å². The van der Waals surface area contributed by atoms with E-state index in [1.807, 2.05) is 49.4 Å². The smallest absolute Gasteiger partial charge is 0.295 e. The minimum atomic E-state index is -0.413. The van der Waals surface area contributed by atoms with Crippen LogP contribution in [0.2, 0.25) is 0 Å². The molecule has 1 N–H and O–H groups in total. The van der Waals surface area contributed by atoms with Gasteiger partial charge in [0.25, 0.3) is 5.91 Å². The van der Waals surface area contributed by atoms with Crippen LogP contribution in [0.25, 0.3) is 17.1 Å². The van der Waals surface area contributed by atoms with Gasteiger partial charge in [-0.2, -0.15) is 0 Å². The van der Waals surface area contributed by atoms with Crippen molar-refractivity contribution in [2.45, 2.75) is 26.7 Å². The highest BCUT2D eigenvalue weighted by atomic mass is 79.9.